The molecular weight excluding hydrogens is 304 g/mol. The van der Waals surface area contributed by atoms with Crippen molar-refractivity contribution >= 4 is 32.7 Å². The molecule has 100 valence electrons. The first-order valence-electron chi connectivity index (χ1n) is 6.32. The summed E-state index contributed by atoms with van der Waals surface area (Å²) in [6.45, 7) is 4.28. The smallest absolute Gasteiger partial charge is 0.250 e. The molecule has 0 aliphatic rings. The van der Waals surface area contributed by atoms with Gasteiger partial charge in [0, 0.05) is 5.39 Å². The van der Waals surface area contributed by atoms with Gasteiger partial charge >= 0.3 is 0 Å². The average molecular weight is 321 g/mol. The first-order valence-corrected chi connectivity index (χ1v) is 7.24. The minimum absolute atomic E-state index is 0.0413. The van der Waals surface area contributed by atoms with E-state index in [9.17, 15) is 4.79 Å². The van der Waals surface area contributed by atoms with Crippen LogP contribution in [0.2, 0.25) is 0 Å². The molecule has 1 heterocycles. The van der Waals surface area contributed by atoms with Crippen LogP contribution >= 0.6 is 15.9 Å². The van der Waals surface area contributed by atoms with Crippen LogP contribution in [-0.4, -0.2) is 10.9 Å². The third-order valence-corrected chi connectivity index (χ3v) is 3.80. The van der Waals surface area contributed by atoms with E-state index in [1.165, 1.54) is 0 Å². The summed E-state index contributed by atoms with van der Waals surface area (Å²) in [6, 6.07) is 9.57. The Hall–Kier alpha value is -1.42. The number of hydrogen-bond acceptors (Lipinski definition) is 2. The molecule has 3 nitrogen and oxygen atoms in total. The standard InChI is InChI=1S/C15H17BrN2O/c1-9(2)7-12(16)14-11(15(17)19)8-10-5-3-4-6-13(10)18-14/h3-6,8-9,12H,7H2,1-2H3,(H2,17,19). The highest BCUT2D eigenvalue weighted by molar-refractivity contribution is 9.09. The van der Waals surface area contributed by atoms with Crippen molar-refractivity contribution in [1.29, 1.82) is 0 Å². The number of nitrogens with two attached hydrogens (primary N) is 1. The van der Waals surface area contributed by atoms with Crippen LogP contribution in [-0.2, 0) is 0 Å². The molecular formula is C15H17BrN2O. The van der Waals surface area contributed by atoms with Crippen LogP contribution in [0.15, 0.2) is 30.3 Å². The molecule has 0 spiro atoms. The zero-order valence-electron chi connectivity index (χ0n) is 11.1. The van der Waals surface area contributed by atoms with Crippen LogP contribution in [0.4, 0.5) is 0 Å². The SMILES string of the molecule is CC(C)CC(Br)c1nc2ccccc2cc1C(N)=O. The molecule has 0 radical (unpaired) electrons. The van der Waals surface area contributed by atoms with Gasteiger partial charge in [-0.2, -0.15) is 0 Å². The van der Waals surface area contributed by atoms with Gasteiger partial charge in [-0.15, -0.1) is 0 Å². The van der Waals surface area contributed by atoms with Crippen molar-refractivity contribution in [2.45, 2.75) is 25.1 Å². The van der Waals surface area contributed by atoms with Crippen LogP contribution in [0.25, 0.3) is 10.9 Å². The van der Waals surface area contributed by atoms with Gasteiger partial charge in [0.25, 0.3) is 5.91 Å². The summed E-state index contributed by atoms with van der Waals surface area (Å²) in [5.74, 6) is 0.0832. The van der Waals surface area contributed by atoms with Crippen LogP contribution in [0.1, 0.15) is 41.1 Å². The number of aromatic nitrogens is 1. The maximum absolute atomic E-state index is 11.6. The van der Waals surface area contributed by atoms with E-state index in [0.717, 1.165) is 23.0 Å². The molecule has 1 unspecified atom stereocenters. The van der Waals surface area contributed by atoms with Crippen LogP contribution in [0.5, 0.6) is 0 Å². The second-order valence-corrected chi connectivity index (χ2v) is 6.18. The van der Waals surface area contributed by atoms with Gasteiger partial charge < -0.3 is 5.73 Å². The van der Waals surface area contributed by atoms with Gasteiger partial charge in [-0.05, 0) is 24.5 Å². The van der Waals surface area contributed by atoms with Crippen molar-refractivity contribution in [3.05, 3.63) is 41.6 Å². The average Bonchev–Trinajstić information content (AvgIpc) is 2.36. The molecule has 0 fully saturated rings. The summed E-state index contributed by atoms with van der Waals surface area (Å²) in [5.41, 5.74) is 7.60. The van der Waals surface area contributed by atoms with Gasteiger partial charge in [-0.25, -0.2) is 0 Å². The lowest BCUT2D eigenvalue weighted by molar-refractivity contribution is 0.0999. The molecule has 1 atom stereocenters. The molecule has 1 amide bonds. The lowest BCUT2D eigenvalue weighted by atomic mass is 10.0. The lowest BCUT2D eigenvalue weighted by Gasteiger charge is -2.15. The number of pyridine rings is 1. The van der Waals surface area contributed by atoms with E-state index in [1.807, 2.05) is 30.3 Å². The predicted molar refractivity (Wildman–Crippen MR) is 81.4 cm³/mol. The van der Waals surface area contributed by atoms with E-state index in [0.29, 0.717) is 11.5 Å². The van der Waals surface area contributed by atoms with E-state index in [-0.39, 0.29) is 4.83 Å². The van der Waals surface area contributed by atoms with Crippen molar-refractivity contribution in [2.75, 3.05) is 0 Å². The monoisotopic (exact) mass is 320 g/mol. The highest BCUT2D eigenvalue weighted by atomic mass is 79.9. The molecule has 0 saturated heterocycles. The third-order valence-electron chi connectivity index (χ3n) is 2.99. The van der Waals surface area contributed by atoms with Gasteiger partial charge in [0.15, 0.2) is 0 Å². The lowest BCUT2D eigenvalue weighted by Crippen LogP contribution is -2.16. The maximum atomic E-state index is 11.6. The summed E-state index contributed by atoms with van der Waals surface area (Å²) in [5, 5.41) is 0.935. The Kier molecular flexibility index (Phi) is 4.20. The molecule has 1 aromatic heterocycles. The molecule has 2 aromatic rings. The first kappa shape index (κ1) is 14.0. The predicted octanol–water partition coefficient (Wildman–Crippen LogP) is 3.82. The number of primary amides is 1. The first-order chi connectivity index (χ1) is 8.99. The number of para-hydroxylation sites is 1. The normalized spacial score (nSPS) is 12.8. The van der Waals surface area contributed by atoms with Gasteiger partial charge in [0.2, 0.25) is 0 Å². The number of hydrogen-bond donors (Lipinski definition) is 1. The maximum Gasteiger partial charge on any atom is 0.250 e. The van der Waals surface area contributed by atoms with Gasteiger partial charge in [0.05, 0.1) is 21.6 Å². The zero-order valence-corrected chi connectivity index (χ0v) is 12.6. The van der Waals surface area contributed by atoms with Crippen LogP contribution in [0, 0.1) is 5.92 Å². The Morgan fingerprint density at radius 2 is 2.05 bits per heavy atom. The second kappa shape index (κ2) is 5.70. The largest absolute Gasteiger partial charge is 0.366 e. The van der Waals surface area contributed by atoms with Crippen molar-refractivity contribution in [1.82, 2.24) is 4.98 Å². The Labute approximate surface area is 121 Å². The fourth-order valence-corrected chi connectivity index (χ4v) is 3.19. The number of alkyl halides is 1. The summed E-state index contributed by atoms with van der Waals surface area (Å²) in [7, 11) is 0. The topological polar surface area (TPSA) is 56.0 Å². The number of benzene rings is 1. The summed E-state index contributed by atoms with van der Waals surface area (Å²) in [6.07, 6.45) is 0.908. The summed E-state index contributed by atoms with van der Waals surface area (Å²) in [4.78, 5) is 16.3. The van der Waals surface area contributed by atoms with Crippen molar-refractivity contribution in [3.8, 4) is 0 Å². The number of halogens is 1. The minimum atomic E-state index is -0.429. The molecule has 19 heavy (non-hydrogen) atoms. The highest BCUT2D eigenvalue weighted by Crippen LogP contribution is 2.32. The zero-order chi connectivity index (χ0) is 14.0. The van der Waals surface area contributed by atoms with Gasteiger partial charge in [0.1, 0.15) is 0 Å². The van der Waals surface area contributed by atoms with E-state index >= 15 is 0 Å². The molecule has 4 heteroatoms. The van der Waals surface area contributed by atoms with E-state index < -0.39 is 5.91 Å². The van der Waals surface area contributed by atoms with Crippen LogP contribution in [0.3, 0.4) is 0 Å². The Balaban J connectivity index is 2.56. The van der Waals surface area contributed by atoms with Crippen molar-refractivity contribution < 1.29 is 4.79 Å². The quantitative estimate of drug-likeness (QED) is 0.871. The van der Waals surface area contributed by atoms with Crippen LogP contribution < -0.4 is 5.73 Å². The van der Waals surface area contributed by atoms with E-state index in [2.05, 4.69) is 34.8 Å². The summed E-state index contributed by atoms with van der Waals surface area (Å²) < 4.78 is 0. The number of carbonyl (C=O) groups excluding carboxylic acids is 1. The highest BCUT2D eigenvalue weighted by Gasteiger charge is 2.19. The molecule has 0 aliphatic heterocycles. The summed E-state index contributed by atoms with van der Waals surface area (Å²) >= 11 is 3.62. The Morgan fingerprint density at radius 3 is 2.68 bits per heavy atom. The molecule has 0 bridgehead atoms. The molecule has 0 saturated carbocycles. The second-order valence-electron chi connectivity index (χ2n) is 5.08. The van der Waals surface area contributed by atoms with Crippen molar-refractivity contribution in [2.24, 2.45) is 11.7 Å². The van der Waals surface area contributed by atoms with E-state index in [4.69, 9.17) is 5.73 Å². The van der Waals surface area contributed by atoms with Crippen molar-refractivity contribution in [3.63, 3.8) is 0 Å². The molecule has 2 rings (SSSR count). The Morgan fingerprint density at radius 1 is 1.37 bits per heavy atom. The third kappa shape index (κ3) is 3.13. The number of carbonyl (C=O) groups is 1. The molecule has 2 N–H and O–H groups in total. The number of amides is 1. The fraction of sp³-hybridized carbons (Fsp3) is 0.333. The van der Waals surface area contributed by atoms with E-state index in [1.54, 1.807) is 0 Å². The number of fused-ring (bicyclic) bond motifs is 1. The van der Waals surface area contributed by atoms with Gasteiger partial charge in [-0.3, -0.25) is 9.78 Å². The fourth-order valence-electron chi connectivity index (χ4n) is 2.09. The van der Waals surface area contributed by atoms with Gasteiger partial charge in [-0.1, -0.05) is 48.0 Å². The number of nitrogens with zero attached hydrogens (tertiary/aromatic N) is 1. The Bertz CT molecular complexity index is 610. The molecule has 1 aromatic carbocycles. The number of rotatable bonds is 4. The molecule has 0 aliphatic carbocycles. The minimum Gasteiger partial charge on any atom is -0.366 e.